The zero-order valence-corrected chi connectivity index (χ0v) is 9.46. The molecule has 0 aromatic rings. The van der Waals surface area contributed by atoms with Crippen LogP contribution >= 0.6 is 0 Å². The second kappa shape index (κ2) is 6.59. The third-order valence-electron chi connectivity index (χ3n) is 2.90. The number of rotatable bonds is 6. The van der Waals surface area contributed by atoms with Gasteiger partial charge in [-0.3, -0.25) is 9.59 Å². The molecule has 0 spiro atoms. The number of hydrogen-bond donors (Lipinski definition) is 0. The lowest BCUT2D eigenvalue weighted by Gasteiger charge is -2.18. The molecule has 0 aromatic carbocycles. The normalized spacial score (nSPS) is 21.5. The summed E-state index contributed by atoms with van der Waals surface area (Å²) >= 11 is 0. The fraction of sp³-hybridized carbons (Fsp3) is 0.833. The highest BCUT2D eigenvalue weighted by molar-refractivity contribution is 5.89. The molecule has 0 bridgehead atoms. The van der Waals surface area contributed by atoms with E-state index in [-0.39, 0.29) is 17.9 Å². The van der Waals surface area contributed by atoms with Crippen molar-refractivity contribution in [3.8, 4) is 0 Å². The smallest absolute Gasteiger partial charge is 0.316 e. The largest absolute Gasteiger partial charge is 0.393 e. The summed E-state index contributed by atoms with van der Waals surface area (Å²) in [5.74, 6) is -0.687. The summed E-state index contributed by atoms with van der Waals surface area (Å²) in [5, 5.41) is 0. The Bertz CT molecular complexity index is 223. The summed E-state index contributed by atoms with van der Waals surface area (Å²) in [4.78, 5) is 22.1. The molecule has 0 aliphatic carbocycles. The molecule has 1 atom stereocenters. The van der Waals surface area contributed by atoms with Crippen LogP contribution in [0.25, 0.3) is 0 Å². The van der Waals surface area contributed by atoms with Crippen LogP contribution in [0.1, 0.15) is 58.3 Å². The minimum Gasteiger partial charge on any atom is -0.393 e. The molecule has 0 aromatic heterocycles. The van der Waals surface area contributed by atoms with Crippen LogP contribution in [0.5, 0.6) is 0 Å². The van der Waals surface area contributed by atoms with Crippen LogP contribution in [0.2, 0.25) is 0 Å². The Morgan fingerprint density at radius 3 is 2.60 bits per heavy atom. The molecule has 1 heterocycles. The monoisotopic (exact) mass is 212 g/mol. The number of hydrogen-bond acceptors (Lipinski definition) is 3. The Kier molecular flexibility index (Phi) is 5.37. The lowest BCUT2D eigenvalue weighted by Crippen LogP contribution is -2.27. The first-order chi connectivity index (χ1) is 7.24. The first-order valence-corrected chi connectivity index (χ1v) is 5.98. The van der Waals surface area contributed by atoms with Gasteiger partial charge in [-0.25, -0.2) is 0 Å². The number of unbranched alkanes of at least 4 members (excludes halogenated alkanes) is 4. The number of carbonyl (C=O) groups is 2. The second-order valence-corrected chi connectivity index (χ2v) is 4.23. The van der Waals surface area contributed by atoms with E-state index in [9.17, 15) is 9.59 Å². The van der Waals surface area contributed by atoms with Gasteiger partial charge in [0.05, 0.1) is 5.92 Å². The van der Waals surface area contributed by atoms with Crippen molar-refractivity contribution in [2.45, 2.75) is 58.3 Å². The van der Waals surface area contributed by atoms with E-state index in [0.29, 0.717) is 12.8 Å². The molecule has 1 rings (SSSR count). The molecule has 3 nitrogen and oxygen atoms in total. The van der Waals surface area contributed by atoms with Crippen LogP contribution in [0, 0.1) is 5.92 Å². The van der Waals surface area contributed by atoms with Gasteiger partial charge in [0.1, 0.15) is 0 Å². The van der Waals surface area contributed by atoms with E-state index in [1.165, 1.54) is 25.7 Å². The van der Waals surface area contributed by atoms with Crippen molar-refractivity contribution in [1.82, 2.24) is 0 Å². The molecule has 0 amide bonds. The Morgan fingerprint density at radius 2 is 1.93 bits per heavy atom. The summed E-state index contributed by atoms with van der Waals surface area (Å²) in [6, 6.07) is 0. The molecular formula is C12H20O3. The number of carbonyl (C=O) groups excluding carboxylic acids is 2. The number of cyclic esters (lactones) is 2. The molecule has 0 saturated carbocycles. The fourth-order valence-corrected chi connectivity index (χ4v) is 1.91. The van der Waals surface area contributed by atoms with E-state index < -0.39 is 0 Å². The molecule has 86 valence electrons. The molecule has 1 unspecified atom stereocenters. The topological polar surface area (TPSA) is 43.4 Å². The highest BCUT2D eigenvalue weighted by Gasteiger charge is 2.28. The Morgan fingerprint density at radius 1 is 1.20 bits per heavy atom. The second-order valence-electron chi connectivity index (χ2n) is 4.23. The van der Waals surface area contributed by atoms with Gasteiger partial charge >= 0.3 is 11.9 Å². The van der Waals surface area contributed by atoms with E-state index >= 15 is 0 Å². The molecule has 3 heteroatoms. The van der Waals surface area contributed by atoms with Crippen LogP contribution in [-0.2, 0) is 14.3 Å². The van der Waals surface area contributed by atoms with Crippen molar-refractivity contribution in [2.24, 2.45) is 5.92 Å². The van der Waals surface area contributed by atoms with E-state index in [1.54, 1.807) is 0 Å². The zero-order chi connectivity index (χ0) is 11.1. The summed E-state index contributed by atoms with van der Waals surface area (Å²) in [6.07, 6.45) is 8.00. The molecular weight excluding hydrogens is 192 g/mol. The summed E-state index contributed by atoms with van der Waals surface area (Å²) in [6.45, 7) is 2.18. The van der Waals surface area contributed by atoms with Gasteiger partial charge in [0, 0.05) is 6.42 Å². The third-order valence-corrected chi connectivity index (χ3v) is 2.90. The van der Waals surface area contributed by atoms with E-state index in [2.05, 4.69) is 11.7 Å². The van der Waals surface area contributed by atoms with Crippen LogP contribution < -0.4 is 0 Å². The highest BCUT2D eigenvalue weighted by atomic mass is 16.6. The van der Waals surface area contributed by atoms with Crippen molar-refractivity contribution in [2.75, 3.05) is 0 Å². The third kappa shape index (κ3) is 4.45. The fourth-order valence-electron chi connectivity index (χ4n) is 1.91. The average Bonchev–Trinajstić information content (AvgIpc) is 2.20. The van der Waals surface area contributed by atoms with Crippen molar-refractivity contribution in [3.05, 3.63) is 0 Å². The van der Waals surface area contributed by atoms with Crippen LogP contribution in [0.15, 0.2) is 0 Å². The van der Waals surface area contributed by atoms with Crippen LogP contribution in [0.3, 0.4) is 0 Å². The quantitative estimate of drug-likeness (QED) is 0.386. The highest BCUT2D eigenvalue weighted by Crippen LogP contribution is 2.22. The number of ether oxygens (including phenoxy) is 1. The molecule has 1 aliphatic rings. The molecule has 15 heavy (non-hydrogen) atoms. The van der Waals surface area contributed by atoms with Crippen molar-refractivity contribution >= 4 is 11.9 Å². The molecule has 0 radical (unpaired) electrons. The van der Waals surface area contributed by atoms with Crippen molar-refractivity contribution in [1.29, 1.82) is 0 Å². The van der Waals surface area contributed by atoms with Gasteiger partial charge in [0.25, 0.3) is 0 Å². The Hall–Kier alpha value is -0.860. The Labute approximate surface area is 91.2 Å². The van der Waals surface area contributed by atoms with Gasteiger partial charge in [-0.1, -0.05) is 39.0 Å². The van der Waals surface area contributed by atoms with Gasteiger partial charge in [0.15, 0.2) is 0 Å². The van der Waals surface area contributed by atoms with Crippen LogP contribution in [0.4, 0.5) is 0 Å². The minimum absolute atomic E-state index is 0.0238. The van der Waals surface area contributed by atoms with E-state index in [0.717, 1.165) is 12.8 Å². The SMILES string of the molecule is CCCCCCCC1CCC(=O)OC1=O. The van der Waals surface area contributed by atoms with Gasteiger partial charge in [-0.15, -0.1) is 0 Å². The lowest BCUT2D eigenvalue weighted by molar-refractivity contribution is -0.167. The summed E-state index contributed by atoms with van der Waals surface area (Å²) in [5.41, 5.74) is 0. The van der Waals surface area contributed by atoms with Crippen LogP contribution in [-0.4, -0.2) is 11.9 Å². The summed E-state index contributed by atoms with van der Waals surface area (Å²) < 4.78 is 4.60. The lowest BCUT2D eigenvalue weighted by atomic mass is 9.94. The Balaban J connectivity index is 2.10. The molecule has 1 aliphatic heterocycles. The van der Waals surface area contributed by atoms with Gasteiger partial charge < -0.3 is 4.74 Å². The standard InChI is InChI=1S/C12H20O3/c1-2-3-4-5-6-7-10-8-9-11(13)15-12(10)14/h10H,2-9H2,1H3. The van der Waals surface area contributed by atoms with Gasteiger partial charge in [-0.05, 0) is 12.8 Å². The maximum atomic E-state index is 11.3. The van der Waals surface area contributed by atoms with E-state index in [1.807, 2.05) is 0 Å². The molecule has 0 N–H and O–H groups in total. The maximum absolute atomic E-state index is 11.3. The average molecular weight is 212 g/mol. The van der Waals surface area contributed by atoms with Gasteiger partial charge in [-0.2, -0.15) is 0 Å². The molecule has 1 fully saturated rings. The zero-order valence-electron chi connectivity index (χ0n) is 9.46. The van der Waals surface area contributed by atoms with Crippen molar-refractivity contribution < 1.29 is 14.3 Å². The maximum Gasteiger partial charge on any atom is 0.316 e. The van der Waals surface area contributed by atoms with E-state index in [4.69, 9.17) is 0 Å². The minimum atomic E-state index is -0.359. The van der Waals surface area contributed by atoms with Gasteiger partial charge in [0.2, 0.25) is 0 Å². The predicted octanol–water partition coefficient (Wildman–Crippen LogP) is 2.83. The first-order valence-electron chi connectivity index (χ1n) is 5.98. The predicted molar refractivity (Wildman–Crippen MR) is 57.2 cm³/mol. The first kappa shape index (κ1) is 12.2. The number of esters is 2. The van der Waals surface area contributed by atoms with Crippen molar-refractivity contribution in [3.63, 3.8) is 0 Å². The summed E-state index contributed by atoms with van der Waals surface area (Å²) in [7, 11) is 0. The molecule has 1 saturated heterocycles.